The lowest BCUT2D eigenvalue weighted by molar-refractivity contribution is -0.142. The van der Waals surface area contributed by atoms with Crippen molar-refractivity contribution in [2.75, 3.05) is 6.54 Å². The fraction of sp³-hybridized carbons (Fsp3) is 0.875. The Morgan fingerprint density at radius 1 is 1.10 bits per heavy atom. The van der Waals surface area contributed by atoms with Crippen molar-refractivity contribution in [1.82, 2.24) is 5.32 Å². The van der Waals surface area contributed by atoms with Gasteiger partial charge in [0.25, 0.3) is 0 Å². The second-order valence-electron chi connectivity index (χ2n) is 8.08. The molecule has 2 N–H and O–H groups in total. The molecule has 0 heterocycles. The number of carbonyl (C=O) groups excluding carboxylic acids is 1. The first-order valence-corrected chi connectivity index (χ1v) is 7.32. The van der Waals surface area contributed by atoms with Gasteiger partial charge in [0, 0.05) is 13.0 Å². The fourth-order valence-corrected chi connectivity index (χ4v) is 1.88. The Bertz CT molecular complexity index is 337. The maximum absolute atomic E-state index is 11.9. The highest BCUT2D eigenvalue weighted by molar-refractivity contribution is 5.77. The topological polar surface area (TPSA) is 66.4 Å². The fourth-order valence-electron chi connectivity index (χ4n) is 1.88. The van der Waals surface area contributed by atoms with Gasteiger partial charge in [-0.25, -0.2) is 0 Å². The molecule has 4 nitrogen and oxygen atoms in total. The monoisotopic (exact) mass is 285 g/mol. The predicted molar refractivity (Wildman–Crippen MR) is 81.4 cm³/mol. The summed E-state index contributed by atoms with van der Waals surface area (Å²) in [6, 6.07) is 0. The van der Waals surface area contributed by atoms with Crippen molar-refractivity contribution < 1.29 is 14.7 Å². The van der Waals surface area contributed by atoms with Gasteiger partial charge in [-0.1, -0.05) is 48.5 Å². The number of carboxylic acid groups (broad SMARTS) is 1. The molecule has 0 aromatic rings. The molecule has 0 aromatic heterocycles. The lowest BCUT2D eigenvalue weighted by atomic mass is 9.80. The highest BCUT2D eigenvalue weighted by Gasteiger charge is 2.26. The third kappa shape index (κ3) is 8.18. The van der Waals surface area contributed by atoms with Crippen LogP contribution in [0.15, 0.2) is 0 Å². The van der Waals surface area contributed by atoms with Crippen LogP contribution in [0.2, 0.25) is 0 Å². The maximum Gasteiger partial charge on any atom is 0.308 e. The molecule has 0 fully saturated rings. The number of nitrogens with one attached hydrogen (secondary N) is 1. The number of hydrogen-bond acceptors (Lipinski definition) is 2. The van der Waals surface area contributed by atoms with Gasteiger partial charge in [-0.05, 0) is 23.2 Å². The van der Waals surface area contributed by atoms with Gasteiger partial charge in [-0.15, -0.1) is 0 Å². The number of amides is 1. The van der Waals surface area contributed by atoms with E-state index in [1.165, 1.54) is 0 Å². The van der Waals surface area contributed by atoms with E-state index >= 15 is 0 Å². The summed E-state index contributed by atoms with van der Waals surface area (Å²) in [5, 5.41) is 12.0. The van der Waals surface area contributed by atoms with Crippen LogP contribution >= 0.6 is 0 Å². The van der Waals surface area contributed by atoms with Gasteiger partial charge in [0.1, 0.15) is 0 Å². The first kappa shape index (κ1) is 18.9. The summed E-state index contributed by atoms with van der Waals surface area (Å²) in [6.45, 7) is 14.6. The van der Waals surface area contributed by atoms with E-state index in [2.05, 4.69) is 26.1 Å². The standard InChI is InChI=1S/C16H31NO3/c1-11(16(5,6)7)8-13(18)17-10-12(14(19)20)9-15(2,3)4/h11-12H,8-10H2,1-7H3,(H,17,18)(H,19,20). The Hall–Kier alpha value is -1.06. The second-order valence-corrected chi connectivity index (χ2v) is 8.08. The predicted octanol–water partition coefficient (Wildman–Crippen LogP) is 3.31. The molecule has 2 unspecified atom stereocenters. The van der Waals surface area contributed by atoms with Gasteiger partial charge in [0.05, 0.1) is 5.92 Å². The van der Waals surface area contributed by atoms with Crippen LogP contribution in [-0.2, 0) is 9.59 Å². The van der Waals surface area contributed by atoms with Crippen LogP contribution in [0.5, 0.6) is 0 Å². The first-order chi connectivity index (χ1) is 8.83. The molecule has 1 amide bonds. The van der Waals surface area contributed by atoms with Crippen molar-refractivity contribution >= 4 is 11.9 Å². The molecular formula is C16H31NO3. The first-order valence-electron chi connectivity index (χ1n) is 7.32. The molecule has 0 bridgehead atoms. The average molecular weight is 285 g/mol. The third-order valence-corrected chi connectivity index (χ3v) is 3.72. The minimum Gasteiger partial charge on any atom is -0.481 e. The summed E-state index contributed by atoms with van der Waals surface area (Å²) in [7, 11) is 0. The third-order valence-electron chi connectivity index (χ3n) is 3.72. The largest absolute Gasteiger partial charge is 0.481 e. The molecular weight excluding hydrogens is 254 g/mol. The van der Waals surface area contributed by atoms with Crippen LogP contribution in [0, 0.1) is 22.7 Å². The Morgan fingerprint density at radius 2 is 1.60 bits per heavy atom. The van der Waals surface area contributed by atoms with Gasteiger partial charge in [-0.3, -0.25) is 9.59 Å². The van der Waals surface area contributed by atoms with E-state index < -0.39 is 11.9 Å². The molecule has 0 spiro atoms. The van der Waals surface area contributed by atoms with Crippen molar-refractivity contribution in [2.24, 2.45) is 22.7 Å². The Balaban J connectivity index is 4.36. The number of aliphatic carboxylic acids is 1. The average Bonchev–Trinajstić information content (AvgIpc) is 2.20. The van der Waals surface area contributed by atoms with Crippen LogP contribution in [0.4, 0.5) is 0 Å². The normalized spacial score (nSPS) is 15.6. The summed E-state index contributed by atoms with van der Waals surface area (Å²) >= 11 is 0. The lowest BCUT2D eigenvalue weighted by Gasteiger charge is -2.27. The van der Waals surface area contributed by atoms with E-state index in [-0.39, 0.29) is 29.2 Å². The van der Waals surface area contributed by atoms with Gasteiger partial charge in [0.2, 0.25) is 5.91 Å². The van der Waals surface area contributed by atoms with Crippen LogP contribution in [0.3, 0.4) is 0 Å². The molecule has 2 atom stereocenters. The number of rotatable bonds is 6. The van der Waals surface area contributed by atoms with Crippen molar-refractivity contribution in [3.05, 3.63) is 0 Å². The summed E-state index contributed by atoms with van der Waals surface area (Å²) in [5.41, 5.74) is 0.0153. The van der Waals surface area contributed by atoms with Gasteiger partial charge in [0.15, 0.2) is 0 Å². The highest BCUT2D eigenvalue weighted by atomic mass is 16.4. The van der Waals surface area contributed by atoms with E-state index in [0.29, 0.717) is 12.8 Å². The smallest absolute Gasteiger partial charge is 0.308 e. The van der Waals surface area contributed by atoms with Gasteiger partial charge < -0.3 is 10.4 Å². The molecule has 0 aromatic carbocycles. The van der Waals surface area contributed by atoms with Crippen molar-refractivity contribution in [3.8, 4) is 0 Å². The zero-order valence-corrected chi connectivity index (χ0v) is 14.0. The van der Waals surface area contributed by atoms with Crippen molar-refractivity contribution in [2.45, 2.75) is 61.3 Å². The summed E-state index contributed by atoms with van der Waals surface area (Å²) < 4.78 is 0. The second kappa shape index (κ2) is 7.09. The molecule has 0 saturated heterocycles. The lowest BCUT2D eigenvalue weighted by Crippen LogP contribution is -2.36. The van der Waals surface area contributed by atoms with Gasteiger partial charge in [-0.2, -0.15) is 0 Å². The molecule has 0 aliphatic heterocycles. The Labute approximate surface area is 123 Å². The zero-order chi connectivity index (χ0) is 16.1. The van der Waals surface area contributed by atoms with Crippen molar-refractivity contribution in [1.29, 1.82) is 0 Å². The minimum absolute atomic E-state index is 0.0624. The molecule has 4 heteroatoms. The van der Waals surface area contributed by atoms with Crippen LogP contribution in [0.25, 0.3) is 0 Å². The SMILES string of the molecule is CC(CC(=O)NCC(CC(C)(C)C)C(=O)O)C(C)(C)C. The molecule has 0 aliphatic carbocycles. The molecule has 0 radical (unpaired) electrons. The van der Waals surface area contributed by atoms with Crippen LogP contribution in [0.1, 0.15) is 61.3 Å². The van der Waals surface area contributed by atoms with E-state index in [1.807, 2.05) is 27.7 Å². The Kier molecular flexibility index (Phi) is 6.72. The summed E-state index contributed by atoms with van der Waals surface area (Å²) in [5.74, 6) is -1.17. The van der Waals surface area contributed by atoms with E-state index in [0.717, 1.165) is 0 Å². The van der Waals surface area contributed by atoms with Crippen LogP contribution < -0.4 is 5.32 Å². The van der Waals surface area contributed by atoms with E-state index in [1.54, 1.807) is 0 Å². The summed E-state index contributed by atoms with van der Waals surface area (Å²) in [4.78, 5) is 23.1. The van der Waals surface area contributed by atoms with Gasteiger partial charge >= 0.3 is 5.97 Å². The zero-order valence-electron chi connectivity index (χ0n) is 14.0. The number of hydrogen-bond donors (Lipinski definition) is 2. The Morgan fingerprint density at radius 3 is 1.95 bits per heavy atom. The molecule has 0 saturated carbocycles. The number of carbonyl (C=O) groups is 2. The number of carboxylic acids is 1. The highest BCUT2D eigenvalue weighted by Crippen LogP contribution is 2.28. The van der Waals surface area contributed by atoms with E-state index in [9.17, 15) is 14.7 Å². The quantitative estimate of drug-likeness (QED) is 0.786. The van der Waals surface area contributed by atoms with Crippen LogP contribution in [-0.4, -0.2) is 23.5 Å². The molecule has 118 valence electrons. The molecule has 0 rings (SSSR count). The molecule has 20 heavy (non-hydrogen) atoms. The van der Waals surface area contributed by atoms with Crippen molar-refractivity contribution in [3.63, 3.8) is 0 Å². The minimum atomic E-state index is -0.843. The van der Waals surface area contributed by atoms with E-state index in [4.69, 9.17) is 0 Å². The summed E-state index contributed by atoms with van der Waals surface area (Å²) in [6.07, 6.45) is 0.989. The molecule has 0 aliphatic rings. The maximum atomic E-state index is 11.9.